The van der Waals surface area contributed by atoms with E-state index < -0.39 is 59.9 Å². The smallest absolute Gasteiger partial charge is 0.306 e. The minimum absolute atomic E-state index is 0.0465. The van der Waals surface area contributed by atoms with Crippen LogP contribution in [0.2, 0.25) is 0 Å². The zero-order valence-electron chi connectivity index (χ0n) is 38.5. The molecule has 6 heterocycles. The summed E-state index contributed by atoms with van der Waals surface area (Å²) in [6.45, 7) is 14.8. The number of hydrogen-bond donors (Lipinski definition) is 4. The summed E-state index contributed by atoms with van der Waals surface area (Å²) in [6.07, 6.45) is 0.442. The number of rotatable bonds is 13. The van der Waals surface area contributed by atoms with Gasteiger partial charge in [-0.15, -0.1) is 32.9 Å². The monoisotopic (exact) mass is 943 g/mol. The molecule has 18 heteroatoms. The summed E-state index contributed by atoms with van der Waals surface area (Å²) >= 11 is 3.17. The summed E-state index contributed by atoms with van der Waals surface area (Å²) in [7, 11) is 0. The third kappa shape index (κ3) is 9.78. The van der Waals surface area contributed by atoms with Crippen molar-refractivity contribution >= 4 is 52.1 Å². The molecule has 4 N–H and O–H groups in total. The van der Waals surface area contributed by atoms with Crippen LogP contribution in [0.3, 0.4) is 0 Å². The summed E-state index contributed by atoms with van der Waals surface area (Å²) in [6, 6.07) is 16.0. The number of carboxylic acid groups (broad SMARTS) is 1. The minimum atomic E-state index is -1.03. The molecule has 0 saturated carbocycles. The summed E-state index contributed by atoms with van der Waals surface area (Å²) in [5, 5.41) is 35.8. The number of fused-ring (bicyclic) bond motifs is 3. The maximum absolute atomic E-state index is 14.2. The van der Waals surface area contributed by atoms with Gasteiger partial charge in [-0.2, -0.15) is 0 Å². The van der Waals surface area contributed by atoms with Gasteiger partial charge in [0, 0.05) is 34.5 Å². The van der Waals surface area contributed by atoms with Crippen molar-refractivity contribution in [3.8, 4) is 32.4 Å². The van der Waals surface area contributed by atoms with Crippen LogP contribution in [0.1, 0.15) is 97.1 Å². The van der Waals surface area contributed by atoms with Gasteiger partial charge in [0.1, 0.15) is 34.7 Å². The van der Waals surface area contributed by atoms with Crippen molar-refractivity contribution in [3.63, 3.8) is 0 Å². The van der Waals surface area contributed by atoms with E-state index in [9.17, 15) is 29.4 Å². The number of ether oxygens (including phenoxy) is 1. The molecule has 0 aliphatic carbocycles. The van der Waals surface area contributed by atoms with Crippen LogP contribution < -0.4 is 15.4 Å². The van der Waals surface area contributed by atoms with Crippen molar-refractivity contribution in [1.82, 2.24) is 40.3 Å². The highest BCUT2D eigenvalue weighted by Crippen LogP contribution is 2.40. The fraction of sp³-hybridized carbons (Fsp3) is 0.367. The highest BCUT2D eigenvalue weighted by atomic mass is 32.1. The lowest BCUT2D eigenvalue weighted by atomic mass is 9.85. The molecule has 0 radical (unpaired) electrons. The number of pyridine rings is 1. The molecule has 8 rings (SSSR count). The lowest BCUT2D eigenvalue weighted by Gasteiger charge is -2.35. The van der Waals surface area contributed by atoms with Crippen LogP contribution in [-0.4, -0.2) is 101 Å². The first-order valence-corrected chi connectivity index (χ1v) is 23.7. The van der Waals surface area contributed by atoms with Crippen LogP contribution in [0.25, 0.3) is 26.7 Å². The molecule has 0 bridgehead atoms. The first-order valence-electron chi connectivity index (χ1n) is 22.0. The second-order valence-electron chi connectivity index (χ2n) is 18.1. The second-order valence-corrected chi connectivity index (χ2v) is 20.2. The molecule has 0 spiro atoms. The Morgan fingerprint density at radius 2 is 1.61 bits per heavy atom. The fourth-order valence-electron chi connectivity index (χ4n) is 8.49. The van der Waals surface area contributed by atoms with E-state index in [4.69, 9.17) is 9.73 Å². The maximum Gasteiger partial charge on any atom is 0.306 e. The van der Waals surface area contributed by atoms with Crippen molar-refractivity contribution in [1.29, 1.82) is 0 Å². The van der Waals surface area contributed by atoms with Crippen LogP contribution in [0.4, 0.5) is 0 Å². The van der Waals surface area contributed by atoms with Crippen molar-refractivity contribution in [2.75, 3.05) is 13.2 Å². The number of aliphatic imine (C=N–C) groups is 1. The number of carbonyl (C=O) groups excluding carboxylic acids is 3. The number of carbonyl (C=O) groups is 4. The zero-order valence-corrected chi connectivity index (χ0v) is 40.2. The Hall–Kier alpha value is -6.63. The highest BCUT2D eigenvalue weighted by Gasteiger charge is 2.45. The molecule has 2 unspecified atom stereocenters. The molecule has 2 aliphatic rings. The number of aliphatic hydroxyl groups excluding tert-OH is 1. The molecular weight excluding hydrogens is 891 g/mol. The third-order valence-corrected chi connectivity index (χ3v) is 14.4. The number of aryl methyl sites for hydroxylation is 3. The normalized spacial score (nSPS) is 17.7. The van der Waals surface area contributed by atoms with Gasteiger partial charge in [-0.25, -0.2) is 4.98 Å². The number of carboxylic acids is 1. The Balaban J connectivity index is 0.902. The van der Waals surface area contributed by atoms with E-state index in [0.717, 1.165) is 53.8 Å². The number of aliphatic carboxylic acids is 1. The van der Waals surface area contributed by atoms with E-state index in [2.05, 4.69) is 30.8 Å². The fourth-order valence-corrected chi connectivity index (χ4v) is 10.5. The van der Waals surface area contributed by atoms with E-state index in [0.29, 0.717) is 28.8 Å². The molecule has 1 fully saturated rings. The number of β-amino-alcohol motifs (C(OH)–C–C–N with tert-alkyl or cyclic N) is 1. The van der Waals surface area contributed by atoms with Crippen LogP contribution in [0.15, 0.2) is 77.4 Å². The van der Waals surface area contributed by atoms with E-state index in [1.807, 2.05) is 114 Å². The standard InChI is InChI=1S/C49H53N9O7S2/c1-25-28(4)67-48-41(25)42(53-37(20-40(61)62)45-56-55-29(5)58(45)48)32-13-11-31(12-14-32)36-18-17-35(21-50-36)65-23-39(60)54-44(49(6,7)8)47(64)57-22-34(59)19-38(57)46(63)52-26(2)30-9-15-33(16-10-30)43-27(3)51-24-66-43/h9-18,21,24,26,34,37-38,44,59H,19-20,22-23H2,1-8H3,(H,52,63)(H,54,60)(H,61,62)/t26?,34-,37+,38+,44?/m1/s1. The quantitative estimate of drug-likeness (QED) is 0.0939. The minimum Gasteiger partial charge on any atom is -0.482 e. The molecule has 348 valence electrons. The van der Waals surface area contributed by atoms with Gasteiger partial charge in [-0.1, -0.05) is 69.3 Å². The number of thiazole rings is 1. The first kappa shape index (κ1) is 46.9. The predicted molar refractivity (Wildman–Crippen MR) is 256 cm³/mol. The first-order chi connectivity index (χ1) is 31.9. The van der Waals surface area contributed by atoms with E-state index in [-0.39, 0.29) is 25.4 Å². The predicted octanol–water partition coefficient (Wildman–Crippen LogP) is 6.86. The number of amides is 3. The molecule has 3 amide bonds. The summed E-state index contributed by atoms with van der Waals surface area (Å²) in [5.74, 6) is -0.904. The number of benzene rings is 2. The van der Waals surface area contributed by atoms with Crippen LogP contribution >= 0.6 is 22.7 Å². The number of hydrogen-bond acceptors (Lipinski definition) is 13. The average Bonchev–Trinajstić information content (AvgIpc) is 4.06. The molecule has 6 aromatic rings. The zero-order chi connectivity index (χ0) is 47.9. The second kappa shape index (κ2) is 18.9. The van der Waals surface area contributed by atoms with Gasteiger partial charge in [0.2, 0.25) is 11.8 Å². The van der Waals surface area contributed by atoms with Crippen molar-refractivity contribution < 1.29 is 34.1 Å². The number of likely N-dealkylation sites (tertiary alicyclic amines) is 1. The molecule has 1 saturated heterocycles. The molecule has 4 aromatic heterocycles. The Labute approximate surface area is 396 Å². The Bertz CT molecular complexity index is 2860. The molecule has 5 atom stereocenters. The van der Waals surface area contributed by atoms with Crippen molar-refractivity contribution in [3.05, 3.63) is 117 Å². The van der Waals surface area contributed by atoms with Crippen LogP contribution in [0, 0.1) is 33.1 Å². The van der Waals surface area contributed by atoms with Gasteiger partial charge in [0.25, 0.3) is 5.91 Å². The number of thiophene rings is 1. The van der Waals surface area contributed by atoms with Crippen LogP contribution in [0.5, 0.6) is 5.75 Å². The van der Waals surface area contributed by atoms with Crippen molar-refractivity contribution in [2.45, 2.75) is 98.5 Å². The largest absolute Gasteiger partial charge is 0.482 e. The number of aromatic nitrogens is 5. The summed E-state index contributed by atoms with van der Waals surface area (Å²) < 4.78 is 7.74. The summed E-state index contributed by atoms with van der Waals surface area (Å²) in [4.78, 5) is 70.8. The number of aliphatic hydroxyl groups is 1. The topological polar surface area (TPSA) is 214 Å². The van der Waals surface area contributed by atoms with Crippen molar-refractivity contribution in [2.24, 2.45) is 10.4 Å². The van der Waals surface area contributed by atoms with E-state index in [1.165, 1.54) is 11.1 Å². The van der Waals surface area contributed by atoms with Crippen LogP contribution in [-0.2, 0) is 19.2 Å². The van der Waals surface area contributed by atoms with Gasteiger partial charge in [0.05, 0.1) is 52.3 Å². The lowest BCUT2D eigenvalue weighted by molar-refractivity contribution is -0.144. The van der Waals surface area contributed by atoms with E-state index >= 15 is 0 Å². The maximum atomic E-state index is 14.2. The van der Waals surface area contributed by atoms with Gasteiger partial charge < -0.3 is 30.5 Å². The Morgan fingerprint density at radius 3 is 2.25 bits per heavy atom. The Morgan fingerprint density at radius 1 is 0.910 bits per heavy atom. The van der Waals surface area contributed by atoms with Gasteiger partial charge >= 0.3 is 5.97 Å². The SMILES string of the molecule is Cc1ncsc1-c1ccc(C(C)NC(=O)[C@@H]2C[C@@H](O)CN2C(=O)C(NC(=O)COc2ccc(-c3ccc(C4=N[C@@H](CC(=O)O)c5nnc(C)n5-c5sc(C)c(C)c54)cc3)nc2)C(C)(C)C)cc1. The molecule has 2 aliphatic heterocycles. The van der Waals surface area contributed by atoms with Gasteiger partial charge in [-0.3, -0.25) is 33.7 Å². The van der Waals surface area contributed by atoms with Gasteiger partial charge in [0.15, 0.2) is 12.4 Å². The molecular formula is C49H53N9O7S2. The molecule has 67 heavy (non-hydrogen) atoms. The molecule has 2 aromatic carbocycles. The Kier molecular flexibility index (Phi) is 13.2. The lowest BCUT2D eigenvalue weighted by Crippen LogP contribution is -2.58. The summed E-state index contributed by atoms with van der Waals surface area (Å²) in [5.41, 5.74) is 8.86. The third-order valence-electron chi connectivity index (χ3n) is 12.2. The number of nitrogens with one attached hydrogen (secondary N) is 2. The average molecular weight is 944 g/mol. The molecule has 16 nitrogen and oxygen atoms in total. The number of nitrogens with zero attached hydrogens (tertiary/aromatic N) is 7. The van der Waals surface area contributed by atoms with Gasteiger partial charge in [-0.05, 0) is 68.9 Å². The van der Waals surface area contributed by atoms with E-state index in [1.54, 1.807) is 34.8 Å². The highest BCUT2D eigenvalue weighted by molar-refractivity contribution is 7.15.